The van der Waals surface area contributed by atoms with Gasteiger partial charge in [-0.2, -0.15) is 0 Å². The molecule has 31 heavy (non-hydrogen) atoms. The van der Waals surface area contributed by atoms with E-state index in [2.05, 4.69) is 0 Å². The Morgan fingerprint density at radius 2 is 1.42 bits per heavy atom. The van der Waals surface area contributed by atoms with Crippen LogP contribution in [0.25, 0.3) is 6.08 Å². The summed E-state index contributed by atoms with van der Waals surface area (Å²) in [6.07, 6.45) is 5.82. The Morgan fingerprint density at radius 1 is 0.839 bits per heavy atom. The predicted molar refractivity (Wildman–Crippen MR) is 120 cm³/mol. The Kier molecular flexibility index (Phi) is 4.48. The van der Waals surface area contributed by atoms with Crippen molar-refractivity contribution in [1.82, 2.24) is 0 Å². The van der Waals surface area contributed by atoms with Crippen LogP contribution in [0.5, 0.6) is 0 Å². The molecular formula is C28H22O3. The van der Waals surface area contributed by atoms with Crippen molar-refractivity contribution in [2.45, 2.75) is 5.92 Å². The molecule has 1 saturated carbocycles. The highest BCUT2D eigenvalue weighted by Crippen LogP contribution is 2.82. The lowest BCUT2D eigenvalue weighted by molar-refractivity contribution is -0.146. The van der Waals surface area contributed by atoms with Crippen molar-refractivity contribution < 1.29 is 14.3 Å². The van der Waals surface area contributed by atoms with Gasteiger partial charge >= 0.3 is 5.97 Å². The second-order valence-electron chi connectivity index (χ2n) is 8.05. The van der Waals surface area contributed by atoms with Crippen molar-refractivity contribution in [1.29, 1.82) is 0 Å². The van der Waals surface area contributed by atoms with Crippen molar-refractivity contribution in [2.75, 3.05) is 7.11 Å². The van der Waals surface area contributed by atoms with Gasteiger partial charge in [0.2, 0.25) is 0 Å². The third kappa shape index (κ3) is 2.59. The molecule has 3 aromatic carbocycles. The number of fused-ring (bicyclic) bond motifs is 1. The number of Topliss-reactive ketones (excluding diaryl/α,β-unsaturated/α-hetero) is 1. The van der Waals surface area contributed by atoms with Gasteiger partial charge in [0.05, 0.1) is 12.5 Å². The lowest BCUT2D eigenvalue weighted by atomic mass is 9.82. The molecule has 3 nitrogen and oxygen atoms in total. The number of ketones is 1. The van der Waals surface area contributed by atoms with E-state index < -0.39 is 10.8 Å². The number of rotatable bonds is 5. The second kappa shape index (κ2) is 7.21. The van der Waals surface area contributed by atoms with Crippen LogP contribution in [-0.2, 0) is 9.53 Å². The fourth-order valence-corrected chi connectivity index (χ4v) is 5.32. The average Bonchev–Trinajstić information content (AvgIpc) is 3.34. The van der Waals surface area contributed by atoms with Gasteiger partial charge in [0.1, 0.15) is 5.41 Å². The van der Waals surface area contributed by atoms with Gasteiger partial charge in [0.25, 0.3) is 0 Å². The van der Waals surface area contributed by atoms with Crippen molar-refractivity contribution >= 4 is 17.8 Å². The Hall–Kier alpha value is -3.72. The molecule has 3 aromatic rings. The highest BCUT2D eigenvalue weighted by molar-refractivity contribution is 6.15. The molecule has 0 radical (unpaired) electrons. The van der Waals surface area contributed by atoms with Crippen LogP contribution in [0, 0.1) is 10.8 Å². The summed E-state index contributed by atoms with van der Waals surface area (Å²) in [5.41, 5.74) is 1.31. The number of benzene rings is 3. The molecule has 0 spiro atoms. The molecular weight excluding hydrogens is 384 g/mol. The summed E-state index contributed by atoms with van der Waals surface area (Å²) in [6.45, 7) is 0. The molecule has 0 saturated heterocycles. The zero-order valence-electron chi connectivity index (χ0n) is 17.2. The summed E-state index contributed by atoms with van der Waals surface area (Å²) in [5.74, 6) is -0.751. The molecule has 5 rings (SSSR count). The van der Waals surface area contributed by atoms with E-state index in [1.807, 2.05) is 109 Å². The van der Waals surface area contributed by atoms with E-state index in [4.69, 9.17) is 4.74 Å². The standard InChI is InChI=1S/C28H22O3/c1-31-26(30)27-18-17-23(19-20-11-5-2-6-12-20)28(27,24(27)21-13-7-3-8-14-21)25(29)22-15-9-4-10-16-22/h2-19,24H,1H3/b23-19-/t24-,27+,28-/m0/s1. The minimum absolute atomic E-state index is 0.0560. The van der Waals surface area contributed by atoms with E-state index >= 15 is 0 Å². The number of esters is 1. The zero-order chi connectivity index (χ0) is 21.5. The van der Waals surface area contributed by atoms with Crippen LogP contribution in [0.3, 0.4) is 0 Å². The number of hydrogen-bond acceptors (Lipinski definition) is 3. The Labute approximate surface area is 181 Å². The van der Waals surface area contributed by atoms with Crippen LogP contribution in [-0.4, -0.2) is 18.9 Å². The molecule has 3 atom stereocenters. The summed E-state index contributed by atoms with van der Waals surface area (Å²) in [6, 6.07) is 28.9. The molecule has 1 fully saturated rings. The molecule has 2 aliphatic carbocycles. The normalized spacial score (nSPS) is 27.0. The summed E-state index contributed by atoms with van der Waals surface area (Å²) >= 11 is 0. The van der Waals surface area contributed by atoms with Crippen molar-refractivity contribution in [3.05, 3.63) is 125 Å². The predicted octanol–water partition coefficient (Wildman–Crippen LogP) is 5.47. The highest BCUT2D eigenvalue weighted by Gasteiger charge is 2.86. The molecule has 0 unspecified atom stereocenters. The van der Waals surface area contributed by atoms with E-state index in [1.165, 1.54) is 7.11 Å². The molecule has 0 aromatic heterocycles. The Bertz CT molecular complexity index is 1190. The summed E-state index contributed by atoms with van der Waals surface area (Å²) in [5, 5.41) is 0. The number of methoxy groups -OCH3 is 1. The largest absolute Gasteiger partial charge is 0.468 e. The smallest absolute Gasteiger partial charge is 0.317 e. The molecule has 2 aliphatic rings. The first-order valence-electron chi connectivity index (χ1n) is 10.4. The molecule has 0 N–H and O–H groups in total. The molecule has 0 aliphatic heterocycles. The summed E-state index contributed by atoms with van der Waals surface area (Å²) < 4.78 is 5.27. The monoisotopic (exact) mass is 406 g/mol. The van der Waals surface area contributed by atoms with Gasteiger partial charge in [-0.1, -0.05) is 109 Å². The fourth-order valence-electron chi connectivity index (χ4n) is 5.32. The number of ether oxygens (including phenoxy) is 1. The quantitative estimate of drug-likeness (QED) is 0.417. The minimum Gasteiger partial charge on any atom is -0.468 e. The molecule has 0 bridgehead atoms. The lowest BCUT2D eigenvalue weighted by Crippen LogP contribution is -2.28. The summed E-state index contributed by atoms with van der Waals surface area (Å²) in [4.78, 5) is 27.4. The second-order valence-corrected chi connectivity index (χ2v) is 8.05. The van der Waals surface area contributed by atoms with Gasteiger partial charge in [-0.3, -0.25) is 9.59 Å². The minimum atomic E-state index is -1.04. The van der Waals surface area contributed by atoms with Crippen LogP contribution in [0.4, 0.5) is 0 Å². The number of allylic oxidation sites excluding steroid dienone is 2. The average molecular weight is 406 g/mol. The van der Waals surface area contributed by atoms with Crippen LogP contribution >= 0.6 is 0 Å². The third-order valence-electron chi connectivity index (χ3n) is 6.61. The topological polar surface area (TPSA) is 43.4 Å². The van der Waals surface area contributed by atoms with Crippen LogP contribution in [0.1, 0.15) is 27.4 Å². The van der Waals surface area contributed by atoms with E-state index in [-0.39, 0.29) is 17.7 Å². The molecule has 152 valence electrons. The first kappa shape index (κ1) is 19.3. The van der Waals surface area contributed by atoms with Gasteiger partial charge in [-0.15, -0.1) is 0 Å². The zero-order valence-corrected chi connectivity index (χ0v) is 17.2. The molecule has 3 heteroatoms. The third-order valence-corrected chi connectivity index (χ3v) is 6.61. The van der Waals surface area contributed by atoms with E-state index in [0.717, 1.165) is 16.7 Å². The van der Waals surface area contributed by atoms with Crippen molar-refractivity contribution in [2.24, 2.45) is 10.8 Å². The van der Waals surface area contributed by atoms with Crippen LogP contribution < -0.4 is 0 Å². The lowest BCUT2D eigenvalue weighted by Gasteiger charge is -2.18. The maximum atomic E-state index is 14.1. The van der Waals surface area contributed by atoms with Gasteiger partial charge in [0.15, 0.2) is 5.78 Å². The Morgan fingerprint density at radius 3 is 2.03 bits per heavy atom. The van der Waals surface area contributed by atoms with E-state index in [0.29, 0.717) is 5.56 Å². The SMILES string of the molecule is COC(=O)[C@]12C=C/C(=C/c3ccccc3)[C@@]1(C(=O)c1ccccc1)[C@H]2c1ccccc1. The maximum Gasteiger partial charge on any atom is 0.317 e. The van der Waals surface area contributed by atoms with Crippen molar-refractivity contribution in [3.8, 4) is 0 Å². The number of carbonyl (C=O) groups is 2. The fraction of sp³-hybridized carbons (Fsp3) is 0.143. The van der Waals surface area contributed by atoms with Gasteiger partial charge in [-0.25, -0.2) is 0 Å². The van der Waals surface area contributed by atoms with Crippen molar-refractivity contribution in [3.63, 3.8) is 0 Å². The van der Waals surface area contributed by atoms with Gasteiger partial charge < -0.3 is 4.74 Å². The number of carbonyl (C=O) groups excluding carboxylic acids is 2. The number of hydrogen-bond donors (Lipinski definition) is 0. The van der Waals surface area contributed by atoms with Gasteiger partial charge in [-0.05, 0) is 16.7 Å². The molecule has 0 amide bonds. The molecule has 0 heterocycles. The van der Waals surface area contributed by atoms with Crippen LogP contribution in [0.15, 0.2) is 109 Å². The summed E-state index contributed by atoms with van der Waals surface area (Å²) in [7, 11) is 1.39. The van der Waals surface area contributed by atoms with Crippen LogP contribution in [0.2, 0.25) is 0 Å². The van der Waals surface area contributed by atoms with E-state index in [1.54, 1.807) is 0 Å². The first-order chi connectivity index (χ1) is 15.2. The van der Waals surface area contributed by atoms with Gasteiger partial charge in [0, 0.05) is 11.5 Å². The van der Waals surface area contributed by atoms with E-state index in [9.17, 15) is 9.59 Å². The maximum absolute atomic E-state index is 14.1. The Balaban J connectivity index is 1.76. The highest BCUT2D eigenvalue weighted by atomic mass is 16.5. The first-order valence-corrected chi connectivity index (χ1v) is 10.4.